The van der Waals surface area contributed by atoms with Crippen LogP contribution in [-0.2, 0) is 5.41 Å². The van der Waals surface area contributed by atoms with Crippen molar-refractivity contribution in [3.05, 3.63) is 175 Å². The maximum Gasteiger partial charge on any atom is 0.159 e. The lowest BCUT2D eigenvalue weighted by Gasteiger charge is -2.28. The maximum absolute atomic E-state index is 6.82. The number of para-hydroxylation sites is 2. The van der Waals surface area contributed by atoms with Crippen molar-refractivity contribution in [2.24, 2.45) is 0 Å². The highest BCUT2D eigenvalue weighted by Gasteiger charge is 2.36. The number of nitrogens with zero attached hydrogens (tertiary/aromatic N) is 1. The minimum Gasteiger partial charge on any atom is -0.456 e. The van der Waals surface area contributed by atoms with Crippen molar-refractivity contribution >= 4 is 71.7 Å². The molecule has 1 aliphatic carbocycles. The molecule has 0 bridgehead atoms. The normalized spacial score (nSPS) is 13.3. The average Bonchev–Trinajstić information content (AvgIpc) is 3.83. The molecular weight excluding hydrogens is 635 g/mol. The molecule has 3 nitrogen and oxygen atoms in total. The molecule has 0 aliphatic heterocycles. The van der Waals surface area contributed by atoms with Gasteiger partial charge >= 0.3 is 0 Å². The van der Waals surface area contributed by atoms with Crippen molar-refractivity contribution in [3.63, 3.8) is 0 Å². The maximum atomic E-state index is 6.82. The quantitative estimate of drug-likeness (QED) is 0.187. The van der Waals surface area contributed by atoms with E-state index in [4.69, 9.17) is 8.83 Å². The largest absolute Gasteiger partial charge is 0.456 e. The van der Waals surface area contributed by atoms with Crippen molar-refractivity contribution in [3.8, 4) is 22.3 Å². The summed E-state index contributed by atoms with van der Waals surface area (Å²) < 4.78 is 13.5. The molecule has 11 rings (SSSR count). The van der Waals surface area contributed by atoms with Crippen molar-refractivity contribution in [2.45, 2.75) is 19.3 Å². The molecule has 0 atom stereocenters. The lowest BCUT2D eigenvalue weighted by molar-refractivity contribution is 0.660. The van der Waals surface area contributed by atoms with E-state index in [-0.39, 0.29) is 5.41 Å². The Hall–Kier alpha value is -6.58. The third-order valence-electron chi connectivity index (χ3n) is 11.3. The number of anilines is 3. The van der Waals surface area contributed by atoms with Crippen molar-refractivity contribution in [1.82, 2.24) is 0 Å². The highest BCUT2D eigenvalue weighted by Crippen LogP contribution is 2.52. The second-order valence-corrected chi connectivity index (χ2v) is 14.5. The van der Waals surface area contributed by atoms with Crippen LogP contribution in [0.25, 0.3) is 76.9 Å². The van der Waals surface area contributed by atoms with E-state index in [2.05, 4.69) is 170 Å². The molecule has 0 saturated carbocycles. The van der Waals surface area contributed by atoms with Gasteiger partial charge in [0.2, 0.25) is 0 Å². The van der Waals surface area contributed by atoms with E-state index >= 15 is 0 Å². The Morgan fingerprint density at radius 1 is 0.423 bits per heavy atom. The zero-order valence-corrected chi connectivity index (χ0v) is 28.9. The van der Waals surface area contributed by atoms with Gasteiger partial charge in [-0.25, -0.2) is 0 Å². The first-order valence-corrected chi connectivity index (χ1v) is 17.9. The summed E-state index contributed by atoms with van der Waals surface area (Å²) in [6, 6.07) is 58.6. The van der Waals surface area contributed by atoms with Gasteiger partial charge < -0.3 is 13.7 Å². The Morgan fingerprint density at radius 2 is 1.12 bits per heavy atom. The summed E-state index contributed by atoms with van der Waals surface area (Å²) in [5.41, 5.74) is 14.0. The summed E-state index contributed by atoms with van der Waals surface area (Å²) in [4.78, 5) is 2.34. The molecule has 0 radical (unpaired) electrons. The Kier molecular flexibility index (Phi) is 6.01. The third kappa shape index (κ3) is 4.08. The first-order chi connectivity index (χ1) is 25.5. The second-order valence-electron chi connectivity index (χ2n) is 14.5. The van der Waals surface area contributed by atoms with Crippen LogP contribution in [-0.4, -0.2) is 0 Å². The van der Waals surface area contributed by atoms with Crippen LogP contribution in [0.2, 0.25) is 0 Å². The average molecular weight is 668 g/mol. The van der Waals surface area contributed by atoms with Gasteiger partial charge in [0, 0.05) is 38.7 Å². The minimum atomic E-state index is -0.140. The topological polar surface area (TPSA) is 29.5 Å². The lowest BCUT2D eigenvalue weighted by Crippen LogP contribution is -2.16. The van der Waals surface area contributed by atoms with E-state index in [9.17, 15) is 0 Å². The van der Waals surface area contributed by atoms with Crippen molar-refractivity contribution in [2.75, 3.05) is 4.90 Å². The van der Waals surface area contributed by atoms with Gasteiger partial charge in [0.15, 0.2) is 5.58 Å². The van der Waals surface area contributed by atoms with Gasteiger partial charge in [0.1, 0.15) is 16.7 Å². The number of hydrogen-bond acceptors (Lipinski definition) is 3. The highest BCUT2D eigenvalue weighted by atomic mass is 16.3. The molecule has 246 valence electrons. The number of furan rings is 2. The van der Waals surface area contributed by atoms with Crippen LogP contribution in [0.3, 0.4) is 0 Å². The predicted octanol–water partition coefficient (Wildman–Crippen LogP) is 14.1. The minimum absolute atomic E-state index is 0.140. The summed E-state index contributed by atoms with van der Waals surface area (Å²) in [6.45, 7) is 4.67. The smallest absolute Gasteiger partial charge is 0.159 e. The van der Waals surface area contributed by atoms with Crippen LogP contribution < -0.4 is 4.90 Å². The Bertz CT molecular complexity index is 3050. The van der Waals surface area contributed by atoms with Gasteiger partial charge in [0.05, 0.1) is 11.4 Å². The summed E-state index contributed by atoms with van der Waals surface area (Å²) in [7, 11) is 0. The van der Waals surface area contributed by atoms with E-state index in [1.807, 2.05) is 12.1 Å². The molecule has 1 aliphatic rings. The zero-order chi connectivity index (χ0) is 34.6. The monoisotopic (exact) mass is 667 g/mol. The first kappa shape index (κ1) is 29.2. The Labute approximate surface area is 301 Å². The van der Waals surface area contributed by atoms with E-state index in [0.717, 1.165) is 60.9 Å². The summed E-state index contributed by atoms with van der Waals surface area (Å²) in [6.07, 6.45) is 0. The number of rotatable bonds is 4. The SMILES string of the molecule is CC1(C)c2ccccc2-c2ccc(N(c3ccc4c(c3)oc3cc(-c5ccccc5)c5ccccc5c34)c3cccc4c3oc3ccccc34)cc21. The number of benzene rings is 8. The molecule has 52 heavy (non-hydrogen) atoms. The van der Waals surface area contributed by atoms with Crippen LogP contribution in [0, 0.1) is 0 Å². The second kappa shape index (κ2) is 10.7. The van der Waals surface area contributed by atoms with E-state index < -0.39 is 0 Å². The molecule has 0 unspecified atom stereocenters. The highest BCUT2D eigenvalue weighted by molar-refractivity contribution is 6.22. The number of fused-ring (bicyclic) bond motifs is 11. The van der Waals surface area contributed by atoms with Crippen LogP contribution in [0.4, 0.5) is 17.1 Å². The van der Waals surface area contributed by atoms with E-state index in [1.54, 1.807) is 0 Å². The van der Waals surface area contributed by atoms with Crippen LogP contribution in [0.1, 0.15) is 25.0 Å². The molecule has 3 heteroatoms. The Balaban J connectivity index is 1.16. The molecule has 10 aromatic rings. The van der Waals surface area contributed by atoms with Crippen molar-refractivity contribution in [1.29, 1.82) is 0 Å². The van der Waals surface area contributed by atoms with Crippen molar-refractivity contribution < 1.29 is 8.83 Å². The van der Waals surface area contributed by atoms with Crippen LogP contribution in [0.5, 0.6) is 0 Å². The standard InChI is InChI=1S/C49H33NO2/c1-49(2)41-20-10-8-16-34(41)35-25-23-31(27-42(35)49)50(43-21-12-19-38-36-17-9-11-22-44(36)52-48(38)43)32-24-26-39-45(28-32)51-46-29-40(30-13-4-3-5-14-30)33-15-6-7-18-37(33)47(39)46/h3-29H,1-2H3. The molecule has 0 fully saturated rings. The van der Waals surface area contributed by atoms with Gasteiger partial charge in [-0.1, -0.05) is 129 Å². The molecule has 0 N–H and O–H groups in total. The van der Waals surface area contributed by atoms with Crippen LogP contribution >= 0.6 is 0 Å². The number of hydrogen-bond donors (Lipinski definition) is 0. The summed E-state index contributed by atoms with van der Waals surface area (Å²) >= 11 is 0. The van der Waals surface area contributed by atoms with Crippen LogP contribution in [0.15, 0.2) is 173 Å². The molecule has 2 aromatic heterocycles. The summed E-state index contributed by atoms with van der Waals surface area (Å²) in [5.74, 6) is 0. The fourth-order valence-electron chi connectivity index (χ4n) is 8.79. The van der Waals surface area contributed by atoms with Gasteiger partial charge in [-0.15, -0.1) is 0 Å². The Morgan fingerprint density at radius 3 is 2.00 bits per heavy atom. The molecular formula is C49H33NO2. The molecule has 0 spiro atoms. The van der Waals surface area contributed by atoms with E-state index in [0.29, 0.717) is 0 Å². The molecule has 0 amide bonds. The van der Waals surface area contributed by atoms with E-state index in [1.165, 1.54) is 44.2 Å². The first-order valence-electron chi connectivity index (χ1n) is 17.9. The zero-order valence-electron chi connectivity index (χ0n) is 28.9. The third-order valence-corrected chi connectivity index (χ3v) is 11.3. The molecule has 0 saturated heterocycles. The fraction of sp³-hybridized carbons (Fsp3) is 0.0612. The molecule has 2 heterocycles. The molecule has 8 aromatic carbocycles. The van der Waals surface area contributed by atoms with Gasteiger partial charge in [-0.3, -0.25) is 0 Å². The fourth-order valence-corrected chi connectivity index (χ4v) is 8.79. The summed E-state index contributed by atoms with van der Waals surface area (Å²) in [5, 5.41) is 6.85. The van der Waals surface area contributed by atoms with Gasteiger partial charge in [-0.05, 0) is 86.6 Å². The lowest BCUT2D eigenvalue weighted by atomic mass is 9.82. The predicted molar refractivity (Wildman–Crippen MR) is 216 cm³/mol. The van der Waals surface area contributed by atoms with Gasteiger partial charge in [-0.2, -0.15) is 0 Å². The van der Waals surface area contributed by atoms with Gasteiger partial charge in [0.25, 0.3) is 0 Å².